The number of benzene rings is 1. The zero-order valence-electron chi connectivity index (χ0n) is 17.2. The van der Waals surface area contributed by atoms with E-state index in [4.69, 9.17) is 0 Å². The van der Waals surface area contributed by atoms with E-state index in [0.717, 1.165) is 17.8 Å². The van der Waals surface area contributed by atoms with Gasteiger partial charge in [-0.15, -0.1) is 0 Å². The molecule has 5 nitrogen and oxygen atoms in total. The summed E-state index contributed by atoms with van der Waals surface area (Å²) in [5, 5.41) is 3.17. The van der Waals surface area contributed by atoms with Gasteiger partial charge in [0.05, 0.1) is 11.6 Å². The van der Waals surface area contributed by atoms with Crippen LogP contribution in [0.2, 0.25) is 0 Å². The van der Waals surface area contributed by atoms with Crippen LogP contribution in [0.5, 0.6) is 0 Å². The zero-order valence-corrected chi connectivity index (χ0v) is 17.2. The van der Waals surface area contributed by atoms with Gasteiger partial charge < -0.3 is 15.1 Å². The van der Waals surface area contributed by atoms with Gasteiger partial charge in [-0.25, -0.2) is 4.98 Å². The van der Waals surface area contributed by atoms with Gasteiger partial charge >= 0.3 is 6.18 Å². The molecule has 2 aromatic rings. The van der Waals surface area contributed by atoms with Gasteiger partial charge in [0.2, 0.25) is 5.91 Å². The standard InChI is InChI=1S/C22H27F3N4O/c1-28(2)15-19(16-6-4-3-5-7-16)27-21(30)17-10-12-29(13-11-17)20-9-8-18(14-26-20)22(23,24)25/h3-9,14,17,19H,10-13,15H2,1-2H3,(H,27,30)/t19-/m0/s1. The van der Waals surface area contributed by atoms with E-state index in [0.29, 0.717) is 38.3 Å². The maximum Gasteiger partial charge on any atom is 0.417 e. The van der Waals surface area contributed by atoms with Gasteiger partial charge in [0.15, 0.2) is 0 Å². The van der Waals surface area contributed by atoms with Crippen LogP contribution < -0.4 is 10.2 Å². The van der Waals surface area contributed by atoms with Crippen LogP contribution in [0.1, 0.15) is 30.0 Å². The van der Waals surface area contributed by atoms with E-state index < -0.39 is 11.7 Å². The smallest absolute Gasteiger partial charge is 0.357 e. The molecular formula is C22H27F3N4O. The highest BCUT2D eigenvalue weighted by Crippen LogP contribution is 2.30. The number of alkyl halides is 3. The molecule has 0 aliphatic carbocycles. The van der Waals surface area contributed by atoms with Gasteiger partial charge in [-0.1, -0.05) is 30.3 Å². The molecule has 1 aromatic carbocycles. The molecule has 1 amide bonds. The average Bonchev–Trinajstić information content (AvgIpc) is 2.73. The second kappa shape index (κ2) is 9.47. The van der Waals surface area contributed by atoms with Crippen molar-refractivity contribution in [2.24, 2.45) is 5.92 Å². The van der Waals surface area contributed by atoms with Gasteiger partial charge in [0, 0.05) is 31.7 Å². The van der Waals surface area contributed by atoms with E-state index in [9.17, 15) is 18.0 Å². The number of piperidine rings is 1. The Kier molecular flexibility index (Phi) is 6.97. The van der Waals surface area contributed by atoms with Crippen molar-refractivity contribution < 1.29 is 18.0 Å². The number of nitrogens with zero attached hydrogens (tertiary/aromatic N) is 3. The first-order valence-electron chi connectivity index (χ1n) is 10.0. The van der Waals surface area contributed by atoms with Crippen molar-refractivity contribution in [2.45, 2.75) is 25.1 Å². The third-order valence-corrected chi connectivity index (χ3v) is 5.33. The van der Waals surface area contributed by atoms with Gasteiger partial charge in [-0.2, -0.15) is 13.2 Å². The number of aromatic nitrogens is 1. The SMILES string of the molecule is CN(C)C[C@H](NC(=O)C1CCN(c2ccc(C(F)(F)F)cn2)CC1)c1ccccc1. The molecule has 1 fully saturated rings. The maximum absolute atomic E-state index is 12.9. The number of nitrogens with one attached hydrogen (secondary N) is 1. The first-order chi connectivity index (χ1) is 14.2. The number of halogens is 3. The number of anilines is 1. The lowest BCUT2D eigenvalue weighted by Gasteiger charge is -2.33. The first-order valence-corrected chi connectivity index (χ1v) is 10.0. The van der Waals surface area contributed by atoms with Crippen LogP contribution in [-0.4, -0.2) is 49.5 Å². The Morgan fingerprint density at radius 3 is 2.37 bits per heavy atom. The Morgan fingerprint density at radius 1 is 1.17 bits per heavy atom. The van der Waals surface area contributed by atoms with Crippen LogP contribution in [0.25, 0.3) is 0 Å². The summed E-state index contributed by atoms with van der Waals surface area (Å²) in [6, 6.07) is 12.2. The molecule has 0 spiro atoms. The number of amides is 1. The number of rotatable bonds is 6. The molecule has 0 radical (unpaired) electrons. The molecule has 1 N–H and O–H groups in total. The van der Waals surface area contributed by atoms with Crippen LogP contribution in [0.3, 0.4) is 0 Å². The van der Waals surface area contributed by atoms with Crippen molar-refractivity contribution in [2.75, 3.05) is 38.6 Å². The number of pyridine rings is 1. The first kappa shape index (κ1) is 22.1. The van der Waals surface area contributed by atoms with E-state index in [-0.39, 0.29) is 17.9 Å². The Bertz CT molecular complexity index is 817. The second-order valence-corrected chi connectivity index (χ2v) is 7.90. The molecule has 1 aromatic heterocycles. The fourth-order valence-corrected chi connectivity index (χ4v) is 3.69. The lowest BCUT2D eigenvalue weighted by Crippen LogP contribution is -2.43. The third-order valence-electron chi connectivity index (χ3n) is 5.33. The number of hydrogen-bond acceptors (Lipinski definition) is 4. The van der Waals surface area contributed by atoms with Gasteiger partial charge in [0.1, 0.15) is 5.82 Å². The predicted molar refractivity (Wildman–Crippen MR) is 110 cm³/mol. The Labute approximate surface area is 174 Å². The van der Waals surface area contributed by atoms with Crippen molar-refractivity contribution in [3.63, 3.8) is 0 Å². The molecule has 1 aliphatic rings. The molecule has 30 heavy (non-hydrogen) atoms. The minimum atomic E-state index is -4.39. The molecule has 2 heterocycles. The number of likely N-dealkylation sites (N-methyl/N-ethyl adjacent to an activating group) is 1. The van der Waals surface area contributed by atoms with Gasteiger partial charge in [-0.3, -0.25) is 4.79 Å². The van der Waals surface area contributed by atoms with E-state index in [2.05, 4.69) is 10.3 Å². The highest BCUT2D eigenvalue weighted by atomic mass is 19.4. The number of carbonyl (C=O) groups excluding carboxylic acids is 1. The molecular weight excluding hydrogens is 393 g/mol. The molecule has 0 unspecified atom stereocenters. The molecule has 162 valence electrons. The highest BCUT2D eigenvalue weighted by Gasteiger charge is 2.32. The van der Waals surface area contributed by atoms with Crippen LogP contribution in [0.4, 0.5) is 19.0 Å². The van der Waals surface area contributed by atoms with Crippen LogP contribution in [0, 0.1) is 5.92 Å². The lowest BCUT2D eigenvalue weighted by atomic mass is 9.95. The van der Waals surface area contributed by atoms with Crippen LogP contribution in [-0.2, 0) is 11.0 Å². The molecule has 1 aliphatic heterocycles. The Balaban J connectivity index is 1.58. The quantitative estimate of drug-likeness (QED) is 0.774. The van der Waals surface area contributed by atoms with Gasteiger partial charge in [-0.05, 0) is 44.6 Å². The molecule has 0 bridgehead atoms. The third kappa shape index (κ3) is 5.72. The minimum absolute atomic E-state index is 0.0192. The van der Waals surface area contributed by atoms with Crippen molar-refractivity contribution in [3.05, 3.63) is 59.8 Å². The Hall–Kier alpha value is -2.61. The molecule has 0 saturated carbocycles. The van der Waals surface area contributed by atoms with Crippen LogP contribution >= 0.6 is 0 Å². The molecule has 1 saturated heterocycles. The summed E-state index contributed by atoms with van der Waals surface area (Å²) in [6.45, 7) is 1.87. The van der Waals surface area contributed by atoms with E-state index in [1.807, 2.05) is 54.2 Å². The maximum atomic E-state index is 12.9. The van der Waals surface area contributed by atoms with Crippen molar-refractivity contribution in [1.29, 1.82) is 0 Å². The Morgan fingerprint density at radius 2 is 1.83 bits per heavy atom. The summed E-state index contributed by atoms with van der Waals surface area (Å²) in [5.74, 6) is 0.409. The summed E-state index contributed by atoms with van der Waals surface area (Å²) >= 11 is 0. The van der Waals surface area contributed by atoms with E-state index in [1.54, 1.807) is 0 Å². The minimum Gasteiger partial charge on any atom is -0.357 e. The predicted octanol–water partition coefficient (Wildman–Crippen LogP) is 3.74. The zero-order chi connectivity index (χ0) is 21.7. The second-order valence-electron chi connectivity index (χ2n) is 7.90. The monoisotopic (exact) mass is 420 g/mol. The summed E-state index contributed by atoms with van der Waals surface area (Å²) in [7, 11) is 3.94. The fraction of sp³-hybridized carbons (Fsp3) is 0.455. The van der Waals surface area contributed by atoms with E-state index in [1.165, 1.54) is 6.07 Å². The van der Waals surface area contributed by atoms with Crippen LogP contribution in [0.15, 0.2) is 48.7 Å². The summed E-state index contributed by atoms with van der Waals surface area (Å²) in [4.78, 5) is 20.8. The largest absolute Gasteiger partial charge is 0.417 e. The lowest BCUT2D eigenvalue weighted by molar-refractivity contribution is -0.137. The number of carbonyl (C=O) groups is 1. The van der Waals surface area contributed by atoms with Crippen molar-refractivity contribution >= 4 is 11.7 Å². The van der Waals surface area contributed by atoms with E-state index >= 15 is 0 Å². The molecule has 1 atom stereocenters. The fourth-order valence-electron chi connectivity index (χ4n) is 3.69. The summed E-state index contributed by atoms with van der Waals surface area (Å²) in [6.07, 6.45) is -2.26. The molecule has 8 heteroatoms. The summed E-state index contributed by atoms with van der Waals surface area (Å²) in [5.41, 5.74) is 0.305. The summed E-state index contributed by atoms with van der Waals surface area (Å²) < 4.78 is 38.1. The van der Waals surface area contributed by atoms with Crippen molar-refractivity contribution in [1.82, 2.24) is 15.2 Å². The molecule has 3 rings (SSSR count). The normalized spacial score (nSPS) is 16.5. The van der Waals surface area contributed by atoms with Gasteiger partial charge in [0.25, 0.3) is 0 Å². The number of hydrogen-bond donors (Lipinski definition) is 1. The van der Waals surface area contributed by atoms with Crippen molar-refractivity contribution in [3.8, 4) is 0 Å². The average molecular weight is 420 g/mol. The highest BCUT2D eigenvalue weighted by molar-refractivity contribution is 5.79. The topological polar surface area (TPSA) is 48.5 Å².